The van der Waals surface area contributed by atoms with Crippen LogP contribution in [0.3, 0.4) is 0 Å². The lowest BCUT2D eigenvalue weighted by molar-refractivity contribution is -0.120. The molecule has 0 aliphatic carbocycles. The van der Waals surface area contributed by atoms with Crippen LogP contribution in [0.4, 0.5) is 11.4 Å². The van der Waals surface area contributed by atoms with Crippen molar-refractivity contribution in [3.05, 3.63) is 100 Å². The van der Waals surface area contributed by atoms with E-state index in [2.05, 4.69) is 12.2 Å². The highest BCUT2D eigenvalue weighted by Crippen LogP contribution is 2.37. The van der Waals surface area contributed by atoms with E-state index in [4.69, 9.17) is 11.6 Å². The van der Waals surface area contributed by atoms with Crippen LogP contribution in [-0.4, -0.2) is 11.8 Å². The highest BCUT2D eigenvalue weighted by molar-refractivity contribution is 8.04. The van der Waals surface area contributed by atoms with E-state index in [1.54, 1.807) is 24.3 Å². The average Bonchev–Trinajstić information content (AvgIpc) is 3.00. The van der Waals surface area contributed by atoms with Gasteiger partial charge in [0.05, 0.1) is 5.69 Å². The Morgan fingerprint density at radius 1 is 0.867 bits per heavy atom. The SMILES string of the molecule is CCc1ccc(N2C(=O)C(Nc3ccc(Cl)cc3)=C(Sc3ccccc3)C2=O)cc1. The van der Waals surface area contributed by atoms with Crippen LogP contribution in [0, 0.1) is 0 Å². The molecule has 4 rings (SSSR count). The second kappa shape index (κ2) is 8.78. The Morgan fingerprint density at radius 2 is 1.53 bits per heavy atom. The zero-order chi connectivity index (χ0) is 21.1. The molecule has 0 bridgehead atoms. The normalized spacial score (nSPS) is 13.9. The van der Waals surface area contributed by atoms with Gasteiger partial charge in [0, 0.05) is 15.6 Å². The number of nitrogens with zero attached hydrogens (tertiary/aromatic N) is 1. The molecule has 0 radical (unpaired) electrons. The topological polar surface area (TPSA) is 49.4 Å². The standard InChI is InChI=1S/C24H19ClN2O2S/c1-2-16-8-14-19(15-9-16)27-23(28)21(26-18-12-10-17(25)11-13-18)22(24(27)29)30-20-6-4-3-5-7-20/h3-15,26H,2H2,1H3. The molecular formula is C24H19ClN2O2S. The molecule has 0 saturated heterocycles. The number of halogens is 1. The maximum atomic E-state index is 13.3. The first-order valence-corrected chi connectivity index (χ1v) is 10.7. The Balaban J connectivity index is 1.72. The predicted molar refractivity (Wildman–Crippen MR) is 123 cm³/mol. The Bertz CT molecular complexity index is 1110. The summed E-state index contributed by atoms with van der Waals surface area (Å²) < 4.78 is 0. The molecule has 0 aromatic heterocycles. The minimum atomic E-state index is -0.377. The van der Waals surface area contributed by atoms with Crippen molar-refractivity contribution in [3.63, 3.8) is 0 Å². The number of anilines is 2. The first-order chi connectivity index (χ1) is 14.6. The number of imide groups is 1. The van der Waals surface area contributed by atoms with E-state index in [9.17, 15) is 9.59 Å². The molecule has 0 spiro atoms. The van der Waals surface area contributed by atoms with Gasteiger partial charge < -0.3 is 5.32 Å². The lowest BCUT2D eigenvalue weighted by atomic mass is 10.1. The van der Waals surface area contributed by atoms with Gasteiger partial charge >= 0.3 is 0 Å². The maximum Gasteiger partial charge on any atom is 0.283 e. The van der Waals surface area contributed by atoms with Crippen LogP contribution < -0.4 is 10.2 Å². The maximum absolute atomic E-state index is 13.3. The minimum Gasteiger partial charge on any atom is -0.350 e. The number of hydrogen-bond donors (Lipinski definition) is 1. The van der Waals surface area contributed by atoms with Crippen molar-refractivity contribution in [2.75, 3.05) is 10.2 Å². The highest BCUT2D eigenvalue weighted by atomic mass is 35.5. The third-order valence-corrected chi connectivity index (χ3v) is 6.06. The second-order valence-electron chi connectivity index (χ2n) is 6.72. The fourth-order valence-electron chi connectivity index (χ4n) is 3.11. The summed E-state index contributed by atoms with van der Waals surface area (Å²) in [5, 5.41) is 3.73. The fraction of sp³-hybridized carbons (Fsp3) is 0.0833. The van der Waals surface area contributed by atoms with Crippen molar-refractivity contribution in [2.45, 2.75) is 18.2 Å². The Morgan fingerprint density at radius 3 is 2.17 bits per heavy atom. The van der Waals surface area contributed by atoms with E-state index in [0.29, 0.717) is 21.3 Å². The summed E-state index contributed by atoms with van der Waals surface area (Å²) in [5.41, 5.74) is 2.64. The van der Waals surface area contributed by atoms with Crippen LogP contribution in [0.2, 0.25) is 5.02 Å². The number of nitrogens with one attached hydrogen (secondary N) is 1. The molecule has 0 unspecified atom stereocenters. The van der Waals surface area contributed by atoms with Crippen LogP contribution in [0.5, 0.6) is 0 Å². The Labute approximate surface area is 184 Å². The molecule has 1 aliphatic heterocycles. The smallest absolute Gasteiger partial charge is 0.283 e. The van der Waals surface area contributed by atoms with E-state index in [0.717, 1.165) is 16.9 Å². The van der Waals surface area contributed by atoms with Crippen LogP contribution >= 0.6 is 23.4 Å². The number of carbonyl (C=O) groups is 2. The molecule has 3 aromatic rings. The third-order valence-electron chi connectivity index (χ3n) is 4.72. The third kappa shape index (κ3) is 4.13. The van der Waals surface area contributed by atoms with Gasteiger partial charge in [-0.15, -0.1) is 0 Å². The van der Waals surface area contributed by atoms with Gasteiger partial charge in [-0.25, -0.2) is 4.90 Å². The van der Waals surface area contributed by atoms with Crippen molar-refractivity contribution < 1.29 is 9.59 Å². The summed E-state index contributed by atoms with van der Waals surface area (Å²) in [5.74, 6) is -0.716. The summed E-state index contributed by atoms with van der Waals surface area (Å²) in [6, 6.07) is 24.0. The highest BCUT2D eigenvalue weighted by Gasteiger charge is 2.40. The lowest BCUT2D eigenvalue weighted by Gasteiger charge is -2.15. The van der Waals surface area contributed by atoms with Crippen molar-refractivity contribution >= 4 is 46.6 Å². The summed E-state index contributed by atoms with van der Waals surface area (Å²) in [6.45, 7) is 2.06. The summed E-state index contributed by atoms with van der Waals surface area (Å²) >= 11 is 7.25. The molecule has 1 N–H and O–H groups in total. The molecule has 150 valence electrons. The van der Waals surface area contributed by atoms with Crippen molar-refractivity contribution in [1.29, 1.82) is 0 Å². The molecule has 1 heterocycles. The quantitative estimate of drug-likeness (QED) is 0.491. The molecule has 0 atom stereocenters. The molecule has 4 nitrogen and oxygen atoms in total. The number of rotatable bonds is 6. The first-order valence-electron chi connectivity index (χ1n) is 9.54. The lowest BCUT2D eigenvalue weighted by Crippen LogP contribution is -2.32. The van der Waals surface area contributed by atoms with Gasteiger partial charge in [-0.1, -0.05) is 60.6 Å². The Kier molecular flexibility index (Phi) is 5.93. The minimum absolute atomic E-state index is 0.260. The summed E-state index contributed by atoms with van der Waals surface area (Å²) in [4.78, 5) is 29.1. The predicted octanol–water partition coefficient (Wildman–Crippen LogP) is 5.89. The number of thioether (sulfide) groups is 1. The Hall–Kier alpha value is -3.02. The van der Waals surface area contributed by atoms with Gasteiger partial charge in [-0.3, -0.25) is 9.59 Å². The van der Waals surface area contributed by atoms with Crippen LogP contribution in [0.1, 0.15) is 12.5 Å². The van der Waals surface area contributed by atoms with Crippen LogP contribution in [0.15, 0.2) is 94.4 Å². The van der Waals surface area contributed by atoms with Crippen molar-refractivity contribution in [3.8, 4) is 0 Å². The zero-order valence-electron chi connectivity index (χ0n) is 16.3. The van der Waals surface area contributed by atoms with Gasteiger partial charge in [0.25, 0.3) is 11.8 Å². The monoisotopic (exact) mass is 434 g/mol. The molecular weight excluding hydrogens is 416 g/mol. The molecule has 0 saturated carbocycles. The van der Waals surface area contributed by atoms with E-state index >= 15 is 0 Å². The molecule has 1 aliphatic rings. The number of aryl methyl sites for hydroxylation is 1. The van der Waals surface area contributed by atoms with Gasteiger partial charge in [0.2, 0.25) is 0 Å². The zero-order valence-corrected chi connectivity index (χ0v) is 17.8. The molecule has 3 aromatic carbocycles. The largest absolute Gasteiger partial charge is 0.350 e. The van der Waals surface area contributed by atoms with E-state index < -0.39 is 0 Å². The van der Waals surface area contributed by atoms with E-state index in [-0.39, 0.29) is 17.5 Å². The fourth-order valence-corrected chi connectivity index (χ4v) is 4.19. The summed E-state index contributed by atoms with van der Waals surface area (Å²) in [7, 11) is 0. The van der Waals surface area contributed by atoms with Crippen molar-refractivity contribution in [1.82, 2.24) is 0 Å². The molecule has 6 heteroatoms. The molecule has 30 heavy (non-hydrogen) atoms. The number of benzene rings is 3. The summed E-state index contributed by atoms with van der Waals surface area (Å²) in [6.07, 6.45) is 0.888. The van der Waals surface area contributed by atoms with E-state index in [1.165, 1.54) is 16.7 Å². The van der Waals surface area contributed by atoms with E-state index in [1.807, 2.05) is 54.6 Å². The average molecular weight is 435 g/mol. The van der Waals surface area contributed by atoms with Crippen LogP contribution in [-0.2, 0) is 16.0 Å². The second-order valence-corrected chi connectivity index (χ2v) is 8.24. The number of carbonyl (C=O) groups excluding carboxylic acids is 2. The molecule has 0 fully saturated rings. The van der Waals surface area contributed by atoms with Gasteiger partial charge in [-0.05, 0) is 60.5 Å². The first kappa shape index (κ1) is 20.3. The van der Waals surface area contributed by atoms with Crippen LogP contribution in [0.25, 0.3) is 0 Å². The molecule has 2 amide bonds. The number of amides is 2. The van der Waals surface area contributed by atoms with Crippen molar-refractivity contribution in [2.24, 2.45) is 0 Å². The van der Waals surface area contributed by atoms with Gasteiger partial charge in [0.1, 0.15) is 10.6 Å². The number of hydrogen-bond acceptors (Lipinski definition) is 4. The van der Waals surface area contributed by atoms with Gasteiger partial charge in [-0.2, -0.15) is 0 Å². The van der Waals surface area contributed by atoms with Gasteiger partial charge in [0.15, 0.2) is 0 Å².